The molecular weight excluding hydrogens is 236 g/mol. The minimum atomic E-state index is -1.90. The van der Waals surface area contributed by atoms with Gasteiger partial charge >= 0.3 is 28.3 Å². The molecule has 2 N–H and O–H groups in total. The van der Waals surface area contributed by atoms with Crippen molar-refractivity contribution in [2.45, 2.75) is 12.5 Å². The van der Waals surface area contributed by atoms with Crippen LogP contribution in [0, 0.1) is 0 Å². The second-order valence-electron chi connectivity index (χ2n) is 1.43. The van der Waals surface area contributed by atoms with Gasteiger partial charge in [-0.15, -0.1) is 0 Å². The first-order valence-corrected chi connectivity index (χ1v) is 2.14. The Morgan fingerprint density at radius 3 is 2.00 bits per heavy atom. The van der Waals surface area contributed by atoms with Gasteiger partial charge in [0, 0.05) is 0 Å². The number of hydrogen-bond acceptors (Lipinski definition) is 4. The van der Waals surface area contributed by atoms with Crippen LogP contribution in [0.2, 0.25) is 0 Å². The van der Waals surface area contributed by atoms with Gasteiger partial charge in [-0.25, -0.2) is 0 Å². The van der Waals surface area contributed by atoms with E-state index in [-0.39, 0.29) is 22.4 Å². The van der Waals surface area contributed by atoms with Crippen LogP contribution in [0.1, 0.15) is 6.42 Å². The first-order chi connectivity index (χ1) is 4.04. The number of aliphatic carboxylic acids is 2. The Balaban J connectivity index is 0. The maximum atomic E-state index is 9.66. The SMILES string of the molecule is O=C(O)CC(O)C(=O)[O-].[Ag+]. The summed E-state index contributed by atoms with van der Waals surface area (Å²) in [6.07, 6.45) is -2.72. The number of carbonyl (C=O) groups is 2. The fourth-order valence-corrected chi connectivity index (χ4v) is 0.249. The third-order valence-corrected chi connectivity index (χ3v) is 0.640. The van der Waals surface area contributed by atoms with Crippen LogP contribution < -0.4 is 5.11 Å². The molecule has 1 unspecified atom stereocenters. The predicted molar refractivity (Wildman–Crippen MR) is 23.3 cm³/mol. The Morgan fingerprint density at radius 1 is 1.50 bits per heavy atom. The molecule has 62 valence electrons. The summed E-state index contributed by atoms with van der Waals surface area (Å²) in [7, 11) is 0. The van der Waals surface area contributed by atoms with Crippen molar-refractivity contribution in [2.75, 3.05) is 0 Å². The van der Waals surface area contributed by atoms with E-state index in [0.29, 0.717) is 0 Å². The number of aliphatic hydroxyl groups is 1. The summed E-state index contributed by atoms with van der Waals surface area (Å²) in [5, 5.41) is 25.7. The maximum Gasteiger partial charge on any atom is 1.00 e. The number of aliphatic hydroxyl groups excluding tert-OH is 1. The number of hydrogen-bond donors (Lipinski definition) is 2. The minimum Gasteiger partial charge on any atom is -0.547 e. The van der Waals surface area contributed by atoms with E-state index in [9.17, 15) is 14.7 Å². The van der Waals surface area contributed by atoms with Crippen LogP contribution >= 0.6 is 0 Å². The largest absolute Gasteiger partial charge is 1.00 e. The molecule has 1 atom stereocenters. The number of carboxylic acids is 2. The molecule has 0 rings (SSSR count). The van der Waals surface area contributed by atoms with Crippen LogP contribution in [-0.4, -0.2) is 28.3 Å². The monoisotopic (exact) mass is 240 g/mol. The van der Waals surface area contributed by atoms with Crippen LogP contribution in [0.25, 0.3) is 0 Å². The van der Waals surface area contributed by atoms with Crippen molar-refractivity contribution in [3.8, 4) is 0 Å². The quantitative estimate of drug-likeness (QED) is 0.535. The number of carboxylic acid groups (broad SMARTS) is 2. The van der Waals surface area contributed by atoms with E-state index in [1.807, 2.05) is 0 Å². The van der Waals surface area contributed by atoms with E-state index in [1.54, 1.807) is 0 Å². The van der Waals surface area contributed by atoms with Crippen molar-refractivity contribution in [1.29, 1.82) is 0 Å². The van der Waals surface area contributed by atoms with Crippen LogP contribution in [0.4, 0.5) is 0 Å². The Labute approximate surface area is 72.2 Å². The molecule has 10 heavy (non-hydrogen) atoms. The molecule has 0 amide bonds. The molecule has 0 aromatic carbocycles. The van der Waals surface area contributed by atoms with Gasteiger partial charge in [-0.2, -0.15) is 0 Å². The summed E-state index contributed by atoms with van der Waals surface area (Å²) >= 11 is 0. The molecule has 0 spiro atoms. The van der Waals surface area contributed by atoms with E-state index >= 15 is 0 Å². The second kappa shape index (κ2) is 5.43. The molecular formula is C4H5AgO5. The molecule has 0 aliphatic carbocycles. The van der Waals surface area contributed by atoms with Crippen LogP contribution in [0.5, 0.6) is 0 Å². The second-order valence-corrected chi connectivity index (χ2v) is 1.43. The van der Waals surface area contributed by atoms with Gasteiger partial charge in [-0.05, 0) is 0 Å². The maximum absolute atomic E-state index is 9.66. The first kappa shape index (κ1) is 12.3. The van der Waals surface area contributed by atoms with Gasteiger partial charge in [0.2, 0.25) is 0 Å². The molecule has 0 aromatic heterocycles. The average molecular weight is 241 g/mol. The van der Waals surface area contributed by atoms with Gasteiger partial charge in [-0.1, -0.05) is 0 Å². The van der Waals surface area contributed by atoms with Gasteiger partial charge in [-0.3, -0.25) is 4.79 Å². The van der Waals surface area contributed by atoms with Gasteiger partial charge in [0.15, 0.2) is 0 Å². The summed E-state index contributed by atoms with van der Waals surface area (Å²) < 4.78 is 0. The number of carbonyl (C=O) groups excluding carboxylic acids is 1. The van der Waals surface area contributed by atoms with Gasteiger partial charge in [0.05, 0.1) is 12.4 Å². The van der Waals surface area contributed by atoms with Crippen LogP contribution in [0.3, 0.4) is 0 Å². The van der Waals surface area contributed by atoms with E-state index in [2.05, 4.69) is 0 Å². The minimum absolute atomic E-state index is 0. The summed E-state index contributed by atoms with van der Waals surface area (Å²) in [5.74, 6) is -3.14. The fraction of sp³-hybridized carbons (Fsp3) is 0.500. The molecule has 0 fully saturated rings. The van der Waals surface area contributed by atoms with E-state index in [1.165, 1.54) is 0 Å². The molecule has 0 radical (unpaired) electrons. The van der Waals surface area contributed by atoms with Gasteiger partial charge in [0.1, 0.15) is 6.10 Å². The normalized spacial score (nSPS) is 11.3. The Morgan fingerprint density at radius 2 is 1.90 bits per heavy atom. The number of rotatable bonds is 3. The zero-order chi connectivity index (χ0) is 7.44. The van der Waals surface area contributed by atoms with Gasteiger partial charge < -0.3 is 20.1 Å². The summed E-state index contributed by atoms with van der Waals surface area (Å²) in [4.78, 5) is 19.3. The Hall–Kier alpha value is -0.360. The first-order valence-electron chi connectivity index (χ1n) is 2.14. The molecule has 0 saturated carbocycles. The summed E-state index contributed by atoms with van der Waals surface area (Å²) in [5.41, 5.74) is 0. The average Bonchev–Trinajstić information content (AvgIpc) is 1.63. The van der Waals surface area contributed by atoms with E-state index in [0.717, 1.165) is 0 Å². The molecule has 0 bridgehead atoms. The standard InChI is InChI=1S/C4H6O5.Ag/c5-2(4(8)9)1-3(6)7;/h2,5H,1H2,(H,6,7)(H,8,9);/q;+1/p-1. The Kier molecular flexibility index (Phi) is 6.69. The third-order valence-electron chi connectivity index (χ3n) is 0.640. The van der Waals surface area contributed by atoms with Crippen molar-refractivity contribution in [2.24, 2.45) is 0 Å². The smallest absolute Gasteiger partial charge is 0.547 e. The van der Waals surface area contributed by atoms with Crippen LogP contribution in [0.15, 0.2) is 0 Å². The van der Waals surface area contributed by atoms with Crippen molar-refractivity contribution in [3.63, 3.8) is 0 Å². The van der Waals surface area contributed by atoms with Crippen molar-refractivity contribution >= 4 is 11.9 Å². The molecule has 5 nitrogen and oxygen atoms in total. The Bertz CT molecular complexity index is 134. The zero-order valence-electron chi connectivity index (χ0n) is 4.71. The topological polar surface area (TPSA) is 97.7 Å². The van der Waals surface area contributed by atoms with E-state index in [4.69, 9.17) is 10.2 Å². The third kappa shape index (κ3) is 5.77. The molecule has 0 aliphatic heterocycles. The molecule has 6 heteroatoms. The molecule has 0 saturated heterocycles. The van der Waals surface area contributed by atoms with Crippen molar-refractivity contribution in [1.82, 2.24) is 0 Å². The van der Waals surface area contributed by atoms with Crippen molar-refractivity contribution in [3.05, 3.63) is 0 Å². The molecule has 0 aliphatic rings. The summed E-state index contributed by atoms with van der Waals surface area (Å²) in [6.45, 7) is 0. The van der Waals surface area contributed by atoms with E-state index < -0.39 is 24.5 Å². The molecule has 0 heterocycles. The van der Waals surface area contributed by atoms with Gasteiger partial charge in [0.25, 0.3) is 0 Å². The zero-order valence-corrected chi connectivity index (χ0v) is 6.19. The molecule has 0 aromatic rings. The van der Waals surface area contributed by atoms with Crippen LogP contribution in [-0.2, 0) is 32.0 Å². The predicted octanol–water partition coefficient (Wildman–Crippen LogP) is -2.43. The van der Waals surface area contributed by atoms with Crippen molar-refractivity contribution < 1.29 is 47.3 Å². The fourth-order valence-electron chi connectivity index (χ4n) is 0.249. The summed E-state index contributed by atoms with van der Waals surface area (Å²) in [6, 6.07) is 0.